The Bertz CT molecular complexity index is 193. The van der Waals surface area contributed by atoms with Crippen molar-refractivity contribution in [3.05, 3.63) is 0 Å². The number of rotatable bonds is 4. The van der Waals surface area contributed by atoms with Crippen molar-refractivity contribution in [2.75, 3.05) is 26.2 Å². The van der Waals surface area contributed by atoms with Gasteiger partial charge < -0.3 is 14.9 Å². The summed E-state index contributed by atoms with van der Waals surface area (Å²) in [5, 5.41) is 8.95. The summed E-state index contributed by atoms with van der Waals surface area (Å²) in [5.41, 5.74) is 0. The highest BCUT2D eigenvalue weighted by molar-refractivity contribution is 5.65. The summed E-state index contributed by atoms with van der Waals surface area (Å²) in [7, 11) is 0. The van der Waals surface area contributed by atoms with Crippen LogP contribution in [0.1, 0.15) is 26.7 Å². The number of hydrogen-bond donors (Lipinski definition) is 1. The molecule has 1 rings (SSSR count). The van der Waals surface area contributed by atoms with Crippen LogP contribution in [0.5, 0.6) is 0 Å². The predicted molar refractivity (Wildman–Crippen MR) is 55.5 cm³/mol. The second-order valence-electron chi connectivity index (χ2n) is 3.76. The van der Waals surface area contributed by atoms with E-state index in [1.54, 1.807) is 4.90 Å². The molecule has 1 heterocycles. The quantitative estimate of drug-likeness (QED) is 0.747. The van der Waals surface area contributed by atoms with Gasteiger partial charge in [0.2, 0.25) is 0 Å². The molecular formula is C10H20N2O2. The number of hydrogen-bond acceptors (Lipinski definition) is 2. The number of carbonyl (C=O) groups is 1. The van der Waals surface area contributed by atoms with Gasteiger partial charge in [-0.05, 0) is 25.9 Å². The average molecular weight is 200 g/mol. The summed E-state index contributed by atoms with van der Waals surface area (Å²) in [5.74, 6) is 0. The summed E-state index contributed by atoms with van der Waals surface area (Å²) in [4.78, 5) is 14.7. The molecule has 4 heteroatoms. The lowest BCUT2D eigenvalue weighted by atomic mass is 10.2. The van der Waals surface area contributed by atoms with Crippen LogP contribution in [-0.2, 0) is 0 Å². The van der Waals surface area contributed by atoms with Crippen LogP contribution < -0.4 is 0 Å². The molecule has 0 bridgehead atoms. The highest BCUT2D eigenvalue weighted by Gasteiger charge is 2.29. The zero-order chi connectivity index (χ0) is 10.6. The molecule has 1 N–H and O–H groups in total. The van der Waals surface area contributed by atoms with E-state index in [2.05, 4.69) is 18.7 Å². The number of nitrogens with zero attached hydrogens (tertiary/aromatic N) is 2. The van der Waals surface area contributed by atoms with Crippen LogP contribution >= 0.6 is 0 Å². The number of likely N-dealkylation sites (N-methyl/N-ethyl adjacent to an activating group) is 1. The van der Waals surface area contributed by atoms with Crippen LogP contribution in [0.4, 0.5) is 4.79 Å². The van der Waals surface area contributed by atoms with Crippen LogP contribution in [0, 0.1) is 0 Å². The Labute approximate surface area is 85.5 Å². The van der Waals surface area contributed by atoms with Gasteiger partial charge in [-0.3, -0.25) is 0 Å². The van der Waals surface area contributed by atoms with E-state index in [0.29, 0.717) is 6.54 Å². The molecule has 0 aromatic rings. The van der Waals surface area contributed by atoms with Crippen molar-refractivity contribution < 1.29 is 9.90 Å². The molecular weight excluding hydrogens is 180 g/mol. The molecule has 14 heavy (non-hydrogen) atoms. The standard InChI is InChI=1S/C10H20N2O2/c1-3-11(4-2)8-9-6-5-7-12(9)10(13)14/h9H,3-8H2,1-2H3,(H,13,14)/t9-/m1/s1. The maximum absolute atomic E-state index is 10.9. The lowest BCUT2D eigenvalue weighted by Gasteiger charge is -2.27. The van der Waals surface area contributed by atoms with Gasteiger partial charge in [0.05, 0.1) is 0 Å². The van der Waals surface area contributed by atoms with E-state index in [0.717, 1.165) is 32.5 Å². The van der Waals surface area contributed by atoms with Crippen molar-refractivity contribution >= 4 is 6.09 Å². The van der Waals surface area contributed by atoms with Crippen molar-refractivity contribution in [1.82, 2.24) is 9.80 Å². The van der Waals surface area contributed by atoms with Gasteiger partial charge in [-0.2, -0.15) is 0 Å². The topological polar surface area (TPSA) is 43.8 Å². The summed E-state index contributed by atoms with van der Waals surface area (Å²) in [6.07, 6.45) is 1.26. The molecule has 4 nitrogen and oxygen atoms in total. The Morgan fingerprint density at radius 3 is 2.64 bits per heavy atom. The van der Waals surface area contributed by atoms with Crippen molar-refractivity contribution in [2.45, 2.75) is 32.7 Å². The molecule has 0 spiro atoms. The Morgan fingerprint density at radius 1 is 1.50 bits per heavy atom. The highest BCUT2D eigenvalue weighted by Crippen LogP contribution is 2.18. The fraction of sp³-hybridized carbons (Fsp3) is 0.900. The molecule has 0 aliphatic carbocycles. The van der Waals surface area contributed by atoms with Gasteiger partial charge in [-0.25, -0.2) is 4.79 Å². The monoisotopic (exact) mass is 200 g/mol. The molecule has 1 aliphatic heterocycles. The van der Waals surface area contributed by atoms with Crippen molar-refractivity contribution in [3.8, 4) is 0 Å². The number of amides is 1. The zero-order valence-electron chi connectivity index (χ0n) is 9.07. The highest BCUT2D eigenvalue weighted by atomic mass is 16.4. The minimum atomic E-state index is -0.764. The van der Waals surface area contributed by atoms with Crippen molar-refractivity contribution in [2.24, 2.45) is 0 Å². The molecule has 82 valence electrons. The first-order valence-corrected chi connectivity index (χ1v) is 5.41. The molecule has 1 saturated heterocycles. The SMILES string of the molecule is CCN(CC)C[C@H]1CCCN1C(=O)O. The van der Waals surface area contributed by atoms with Gasteiger partial charge in [0, 0.05) is 19.1 Å². The van der Waals surface area contributed by atoms with Gasteiger partial charge in [0.25, 0.3) is 0 Å². The van der Waals surface area contributed by atoms with E-state index in [4.69, 9.17) is 5.11 Å². The van der Waals surface area contributed by atoms with Crippen LogP contribution in [-0.4, -0.2) is 53.2 Å². The van der Waals surface area contributed by atoms with E-state index in [1.165, 1.54) is 0 Å². The van der Waals surface area contributed by atoms with E-state index in [9.17, 15) is 4.79 Å². The van der Waals surface area contributed by atoms with Crippen molar-refractivity contribution in [1.29, 1.82) is 0 Å². The van der Waals surface area contributed by atoms with E-state index in [-0.39, 0.29) is 6.04 Å². The predicted octanol–water partition coefficient (Wildman–Crippen LogP) is 1.47. The normalized spacial score (nSPS) is 21.9. The van der Waals surface area contributed by atoms with Crippen molar-refractivity contribution in [3.63, 3.8) is 0 Å². The molecule has 1 atom stereocenters. The Balaban J connectivity index is 2.46. The van der Waals surface area contributed by atoms with E-state index in [1.807, 2.05) is 0 Å². The van der Waals surface area contributed by atoms with Crippen LogP contribution in [0.2, 0.25) is 0 Å². The first-order chi connectivity index (χ1) is 6.69. The molecule has 1 fully saturated rings. The summed E-state index contributed by atoms with van der Waals surface area (Å²) >= 11 is 0. The summed E-state index contributed by atoms with van der Waals surface area (Å²) in [6.45, 7) is 7.83. The van der Waals surface area contributed by atoms with Gasteiger partial charge in [-0.1, -0.05) is 13.8 Å². The van der Waals surface area contributed by atoms with E-state index < -0.39 is 6.09 Å². The fourth-order valence-corrected chi connectivity index (χ4v) is 2.06. The minimum Gasteiger partial charge on any atom is -0.465 e. The molecule has 0 aromatic heterocycles. The molecule has 0 saturated carbocycles. The smallest absolute Gasteiger partial charge is 0.407 e. The Morgan fingerprint density at radius 2 is 2.14 bits per heavy atom. The lowest BCUT2D eigenvalue weighted by Crippen LogP contribution is -2.42. The third kappa shape index (κ3) is 2.61. The first-order valence-electron chi connectivity index (χ1n) is 5.41. The molecule has 1 amide bonds. The maximum atomic E-state index is 10.9. The van der Waals surface area contributed by atoms with E-state index >= 15 is 0 Å². The van der Waals surface area contributed by atoms with Crippen LogP contribution in [0.15, 0.2) is 0 Å². The van der Waals surface area contributed by atoms with Crippen LogP contribution in [0.3, 0.4) is 0 Å². The van der Waals surface area contributed by atoms with Crippen LogP contribution in [0.25, 0.3) is 0 Å². The fourth-order valence-electron chi connectivity index (χ4n) is 2.06. The lowest BCUT2D eigenvalue weighted by molar-refractivity contribution is 0.127. The van der Waals surface area contributed by atoms with Gasteiger partial charge >= 0.3 is 6.09 Å². The largest absolute Gasteiger partial charge is 0.465 e. The zero-order valence-corrected chi connectivity index (χ0v) is 9.07. The third-order valence-corrected chi connectivity index (χ3v) is 2.99. The third-order valence-electron chi connectivity index (χ3n) is 2.99. The van der Waals surface area contributed by atoms with Gasteiger partial charge in [0.15, 0.2) is 0 Å². The second kappa shape index (κ2) is 5.20. The first kappa shape index (κ1) is 11.3. The number of carboxylic acid groups (broad SMARTS) is 1. The number of likely N-dealkylation sites (tertiary alicyclic amines) is 1. The Hall–Kier alpha value is -0.770. The molecule has 0 aromatic carbocycles. The molecule has 0 unspecified atom stereocenters. The molecule has 0 radical (unpaired) electrons. The maximum Gasteiger partial charge on any atom is 0.407 e. The molecule has 1 aliphatic rings. The average Bonchev–Trinajstić information content (AvgIpc) is 2.62. The Kier molecular flexibility index (Phi) is 4.20. The van der Waals surface area contributed by atoms with Gasteiger partial charge in [-0.15, -0.1) is 0 Å². The van der Waals surface area contributed by atoms with Gasteiger partial charge in [0.1, 0.15) is 0 Å². The second-order valence-corrected chi connectivity index (χ2v) is 3.76. The summed E-state index contributed by atoms with van der Waals surface area (Å²) in [6, 6.07) is 0.215. The summed E-state index contributed by atoms with van der Waals surface area (Å²) < 4.78 is 0. The minimum absolute atomic E-state index is 0.215.